The molecule has 1 amide bonds. The third-order valence-electron chi connectivity index (χ3n) is 1.71. The second-order valence-electron chi connectivity index (χ2n) is 3.03. The summed E-state index contributed by atoms with van der Waals surface area (Å²) in [6.45, 7) is 3.69. The van der Waals surface area contributed by atoms with E-state index in [1.807, 2.05) is 13.8 Å². The summed E-state index contributed by atoms with van der Waals surface area (Å²) in [7, 11) is 0. The molecule has 1 fully saturated rings. The van der Waals surface area contributed by atoms with Gasteiger partial charge in [0.1, 0.15) is 0 Å². The van der Waals surface area contributed by atoms with Crippen LogP contribution in [-0.2, 0) is 9.53 Å². The maximum atomic E-state index is 11.2. The van der Waals surface area contributed by atoms with Crippen LogP contribution >= 0.6 is 0 Å². The number of allylic oxidation sites excluding steroid dienone is 1. The molecule has 1 saturated carbocycles. The van der Waals surface area contributed by atoms with Crippen LogP contribution in [0.1, 0.15) is 26.7 Å². The number of carbonyl (C=O) groups is 1. The number of ether oxygens (including phenoxy) is 1. The summed E-state index contributed by atoms with van der Waals surface area (Å²) in [4.78, 5) is 11.2. The predicted octanol–water partition coefficient (Wildman–Crippen LogP) is 1.41. The molecular weight excluding hydrogens is 154 g/mol. The van der Waals surface area contributed by atoms with Gasteiger partial charge in [-0.15, -0.1) is 0 Å². The molecule has 0 aromatic carbocycles. The van der Waals surface area contributed by atoms with Crippen LogP contribution in [0, 0.1) is 5.92 Å². The Morgan fingerprint density at radius 2 is 2.33 bits per heavy atom. The molecule has 12 heavy (non-hydrogen) atoms. The summed E-state index contributed by atoms with van der Waals surface area (Å²) in [5.74, 6) is 0.369. The molecule has 0 aromatic rings. The fourth-order valence-electron chi connectivity index (χ4n) is 0.894. The molecule has 1 N–H and O–H groups in total. The van der Waals surface area contributed by atoms with E-state index in [1.165, 1.54) is 0 Å². The number of hydrogen-bond acceptors (Lipinski definition) is 2. The molecule has 1 unspecified atom stereocenters. The van der Waals surface area contributed by atoms with Crippen molar-refractivity contribution in [2.24, 2.45) is 5.92 Å². The molecule has 3 nitrogen and oxygen atoms in total. The smallest absolute Gasteiger partial charge is 0.225 e. The highest BCUT2D eigenvalue weighted by Crippen LogP contribution is 2.28. The predicted molar refractivity (Wildman–Crippen MR) is 46.2 cm³/mol. The first-order valence-electron chi connectivity index (χ1n) is 4.31. The molecule has 0 aromatic heterocycles. The van der Waals surface area contributed by atoms with Gasteiger partial charge in [-0.25, -0.2) is 0 Å². The Hall–Kier alpha value is -0.990. The topological polar surface area (TPSA) is 38.3 Å². The first-order chi connectivity index (χ1) is 5.74. The molecule has 3 heteroatoms. The molecule has 0 heterocycles. The van der Waals surface area contributed by atoms with E-state index in [2.05, 4.69) is 5.32 Å². The van der Waals surface area contributed by atoms with Gasteiger partial charge in [0.25, 0.3) is 0 Å². The summed E-state index contributed by atoms with van der Waals surface area (Å²) < 4.78 is 5.13. The van der Waals surface area contributed by atoms with Crippen LogP contribution in [0.15, 0.2) is 12.3 Å². The second kappa shape index (κ2) is 4.14. The standard InChI is InChI=1S/C9H15NO2/c1-3-6-12-7(2)10-9(11)8-4-5-8/h3,6-8H,4-5H2,1-2H3,(H,10,11)/b6-3-. The Morgan fingerprint density at radius 1 is 1.67 bits per heavy atom. The minimum atomic E-state index is -0.214. The fraction of sp³-hybridized carbons (Fsp3) is 0.667. The molecule has 1 aliphatic rings. The van der Waals surface area contributed by atoms with Gasteiger partial charge in [0.2, 0.25) is 5.91 Å². The summed E-state index contributed by atoms with van der Waals surface area (Å²) in [5.41, 5.74) is 0. The average Bonchev–Trinajstić information content (AvgIpc) is 2.82. The number of nitrogens with one attached hydrogen (secondary N) is 1. The van der Waals surface area contributed by atoms with Gasteiger partial charge in [0.05, 0.1) is 6.26 Å². The van der Waals surface area contributed by atoms with Gasteiger partial charge < -0.3 is 10.1 Å². The molecule has 1 atom stereocenters. The summed E-state index contributed by atoms with van der Waals surface area (Å²) >= 11 is 0. The lowest BCUT2D eigenvalue weighted by atomic mass is 10.4. The third kappa shape index (κ3) is 2.95. The Morgan fingerprint density at radius 3 is 2.83 bits per heavy atom. The SMILES string of the molecule is C/C=C\OC(C)NC(=O)C1CC1. The van der Waals surface area contributed by atoms with Crippen molar-refractivity contribution in [3.05, 3.63) is 12.3 Å². The van der Waals surface area contributed by atoms with E-state index in [-0.39, 0.29) is 18.1 Å². The van der Waals surface area contributed by atoms with Crippen LogP contribution in [0.3, 0.4) is 0 Å². The van der Waals surface area contributed by atoms with Crippen LogP contribution in [-0.4, -0.2) is 12.1 Å². The summed E-state index contributed by atoms with van der Waals surface area (Å²) in [6.07, 6.45) is 5.22. The van der Waals surface area contributed by atoms with Crippen molar-refractivity contribution in [3.63, 3.8) is 0 Å². The quantitative estimate of drug-likeness (QED) is 0.510. The lowest BCUT2D eigenvalue weighted by Gasteiger charge is -2.12. The molecule has 0 saturated heterocycles. The Balaban J connectivity index is 2.15. The van der Waals surface area contributed by atoms with Crippen molar-refractivity contribution >= 4 is 5.91 Å². The maximum Gasteiger partial charge on any atom is 0.225 e. The number of amides is 1. The first-order valence-corrected chi connectivity index (χ1v) is 4.31. The maximum absolute atomic E-state index is 11.2. The van der Waals surface area contributed by atoms with Crippen molar-refractivity contribution in [2.75, 3.05) is 0 Å². The van der Waals surface area contributed by atoms with E-state index in [4.69, 9.17) is 4.74 Å². The van der Waals surface area contributed by atoms with E-state index in [0.29, 0.717) is 0 Å². The van der Waals surface area contributed by atoms with Crippen LogP contribution in [0.5, 0.6) is 0 Å². The van der Waals surface area contributed by atoms with Crippen molar-refractivity contribution in [3.8, 4) is 0 Å². The normalized spacial score (nSPS) is 19.2. The summed E-state index contributed by atoms with van der Waals surface area (Å²) in [5, 5.41) is 2.76. The molecular formula is C9H15NO2. The van der Waals surface area contributed by atoms with Gasteiger partial charge in [-0.1, -0.05) is 6.08 Å². The first kappa shape index (κ1) is 9.10. The molecule has 1 rings (SSSR count). The van der Waals surface area contributed by atoms with E-state index < -0.39 is 0 Å². The van der Waals surface area contributed by atoms with Gasteiger partial charge >= 0.3 is 0 Å². The number of rotatable bonds is 4. The zero-order valence-electron chi connectivity index (χ0n) is 7.54. The fourth-order valence-corrected chi connectivity index (χ4v) is 0.894. The molecule has 0 spiro atoms. The highest BCUT2D eigenvalue weighted by atomic mass is 16.5. The Kier molecular flexibility index (Phi) is 3.14. The lowest BCUT2D eigenvalue weighted by molar-refractivity contribution is -0.125. The highest BCUT2D eigenvalue weighted by Gasteiger charge is 2.30. The van der Waals surface area contributed by atoms with Gasteiger partial charge in [-0.2, -0.15) is 0 Å². The minimum absolute atomic E-state index is 0.118. The van der Waals surface area contributed by atoms with Crippen LogP contribution in [0.25, 0.3) is 0 Å². The molecule has 0 radical (unpaired) electrons. The molecule has 0 aliphatic heterocycles. The van der Waals surface area contributed by atoms with Gasteiger partial charge in [0, 0.05) is 5.92 Å². The largest absolute Gasteiger partial charge is 0.479 e. The zero-order valence-corrected chi connectivity index (χ0v) is 7.54. The zero-order chi connectivity index (χ0) is 8.97. The molecule has 1 aliphatic carbocycles. The van der Waals surface area contributed by atoms with E-state index in [9.17, 15) is 4.79 Å². The molecule has 0 bridgehead atoms. The Bertz CT molecular complexity index is 185. The monoisotopic (exact) mass is 169 g/mol. The van der Waals surface area contributed by atoms with E-state index >= 15 is 0 Å². The van der Waals surface area contributed by atoms with Crippen LogP contribution in [0.2, 0.25) is 0 Å². The number of carbonyl (C=O) groups excluding carboxylic acids is 1. The van der Waals surface area contributed by atoms with Crippen molar-refractivity contribution in [2.45, 2.75) is 32.9 Å². The Labute approximate surface area is 72.8 Å². The summed E-state index contributed by atoms with van der Waals surface area (Å²) in [6, 6.07) is 0. The van der Waals surface area contributed by atoms with E-state index in [0.717, 1.165) is 12.8 Å². The van der Waals surface area contributed by atoms with Crippen molar-refractivity contribution in [1.82, 2.24) is 5.32 Å². The van der Waals surface area contributed by atoms with Gasteiger partial charge in [-0.3, -0.25) is 4.79 Å². The second-order valence-corrected chi connectivity index (χ2v) is 3.03. The van der Waals surface area contributed by atoms with Gasteiger partial charge in [-0.05, 0) is 26.7 Å². The van der Waals surface area contributed by atoms with Crippen molar-refractivity contribution < 1.29 is 9.53 Å². The van der Waals surface area contributed by atoms with Gasteiger partial charge in [0.15, 0.2) is 6.23 Å². The average molecular weight is 169 g/mol. The lowest BCUT2D eigenvalue weighted by Crippen LogP contribution is -2.34. The van der Waals surface area contributed by atoms with Crippen molar-refractivity contribution in [1.29, 1.82) is 0 Å². The molecule has 68 valence electrons. The highest BCUT2D eigenvalue weighted by molar-refractivity contribution is 5.80. The number of hydrogen-bond donors (Lipinski definition) is 1. The third-order valence-corrected chi connectivity index (χ3v) is 1.71. The minimum Gasteiger partial charge on any atom is -0.479 e. The van der Waals surface area contributed by atoms with Crippen LogP contribution in [0.4, 0.5) is 0 Å². The van der Waals surface area contributed by atoms with Crippen LogP contribution < -0.4 is 5.32 Å². The van der Waals surface area contributed by atoms with E-state index in [1.54, 1.807) is 12.3 Å².